The van der Waals surface area contributed by atoms with Crippen LogP contribution >= 0.6 is 23.2 Å². The third-order valence-corrected chi connectivity index (χ3v) is 8.21. The van der Waals surface area contributed by atoms with Crippen molar-refractivity contribution in [3.8, 4) is 6.07 Å². The number of hydrogen-bond acceptors (Lipinski definition) is 4. The number of aryl methyl sites for hydroxylation is 1. The van der Waals surface area contributed by atoms with Crippen molar-refractivity contribution in [3.05, 3.63) is 98.5 Å². The Morgan fingerprint density at radius 2 is 1.86 bits per heavy atom. The Labute approximate surface area is 253 Å². The van der Waals surface area contributed by atoms with Gasteiger partial charge in [0.2, 0.25) is 5.91 Å². The van der Waals surface area contributed by atoms with Crippen molar-refractivity contribution in [2.24, 2.45) is 11.3 Å². The number of carbonyl (C=O) groups is 2. The third kappa shape index (κ3) is 6.14. The molecular weight excluding hydrogens is 583 g/mol. The highest BCUT2D eigenvalue weighted by molar-refractivity contribution is 6.31. The van der Waals surface area contributed by atoms with E-state index in [1.807, 2.05) is 20.8 Å². The molecule has 1 aliphatic rings. The fraction of sp³-hybridized carbons (Fsp3) is 0.344. The summed E-state index contributed by atoms with van der Waals surface area (Å²) in [6, 6.07) is 14.3. The number of carboxylic acids is 1. The molecule has 3 atom stereocenters. The molecule has 4 rings (SSSR count). The van der Waals surface area contributed by atoms with Crippen LogP contribution in [0.3, 0.4) is 0 Å². The zero-order valence-electron chi connectivity index (χ0n) is 23.6. The number of anilines is 1. The fourth-order valence-corrected chi connectivity index (χ4v) is 6.45. The molecule has 10 heteroatoms. The molecule has 2 N–H and O–H groups in total. The first kappa shape index (κ1) is 31.4. The second kappa shape index (κ2) is 12.0. The molecule has 0 unspecified atom stereocenters. The number of aromatic carboxylic acids is 1. The van der Waals surface area contributed by atoms with E-state index < -0.39 is 40.9 Å². The van der Waals surface area contributed by atoms with E-state index in [0.29, 0.717) is 17.7 Å². The summed E-state index contributed by atoms with van der Waals surface area (Å²) in [6.07, 6.45) is 0.468. The Balaban J connectivity index is 1.84. The largest absolute Gasteiger partial charge is 0.478 e. The number of benzene rings is 3. The van der Waals surface area contributed by atoms with Gasteiger partial charge in [-0.05, 0) is 66.6 Å². The van der Waals surface area contributed by atoms with Gasteiger partial charge in [0.15, 0.2) is 0 Å². The Bertz CT molecular complexity index is 1580. The van der Waals surface area contributed by atoms with Gasteiger partial charge in [0.05, 0.1) is 29.2 Å². The molecular formula is C32H31Cl2F2N3O3. The van der Waals surface area contributed by atoms with Crippen LogP contribution in [-0.4, -0.2) is 35.0 Å². The first-order valence-electron chi connectivity index (χ1n) is 13.4. The van der Waals surface area contributed by atoms with E-state index in [1.165, 1.54) is 36.4 Å². The monoisotopic (exact) mass is 613 g/mol. The molecule has 1 heterocycles. The van der Waals surface area contributed by atoms with Gasteiger partial charge in [-0.2, -0.15) is 5.26 Å². The molecule has 3 aromatic rings. The third-order valence-electron chi connectivity index (χ3n) is 7.68. The molecule has 0 bridgehead atoms. The Kier molecular flexibility index (Phi) is 8.98. The van der Waals surface area contributed by atoms with Crippen molar-refractivity contribution in [1.82, 2.24) is 4.90 Å². The zero-order valence-corrected chi connectivity index (χ0v) is 25.2. The average Bonchev–Trinajstić information content (AvgIpc) is 3.16. The lowest BCUT2D eigenvalue weighted by atomic mass is 9.63. The first-order chi connectivity index (χ1) is 19.7. The summed E-state index contributed by atoms with van der Waals surface area (Å²) in [6.45, 7) is 7.56. The van der Waals surface area contributed by atoms with Crippen LogP contribution in [-0.2, 0) is 10.2 Å². The first-order valence-corrected chi connectivity index (χ1v) is 14.1. The van der Waals surface area contributed by atoms with Gasteiger partial charge in [-0.1, -0.05) is 62.2 Å². The van der Waals surface area contributed by atoms with Crippen LogP contribution in [0.2, 0.25) is 10.0 Å². The second-order valence-electron chi connectivity index (χ2n) is 11.9. The van der Waals surface area contributed by atoms with Crippen LogP contribution in [0, 0.1) is 41.2 Å². The quantitative estimate of drug-likeness (QED) is 0.284. The maximum absolute atomic E-state index is 15.8. The van der Waals surface area contributed by atoms with Gasteiger partial charge in [-0.15, -0.1) is 0 Å². The summed E-state index contributed by atoms with van der Waals surface area (Å²) in [7, 11) is 0. The van der Waals surface area contributed by atoms with Gasteiger partial charge in [-0.3, -0.25) is 9.69 Å². The fourth-order valence-electron chi connectivity index (χ4n) is 6.11. The molecule has 0 aromatic heterocycles. The van der Waals surface area contributed by atoms with Gasteiger partial charge in [-0.25, -0.2) is 13.6 Å². The van der Waals surface area contributed by atoms with Crippen molar-refractivity contribution in [2.75, 3.05) is 18.4 Å². The van der Waals surface area contributed by atoms with Crippen molar-refractivity contribution in [3.63, 3.8) is 0 Å². The molecule has 0 aliphatic carbocycles. The Morgan fingerprint density at radius 3 is 2.45 bits per heavy atom. The Hall–Kier alpha value is -3.51. The number of halogens is 4. The lowest BCUT2D eigenvalue weighted by molar-refractivity contribution is -0.117. The van der Waals surface area contributed by atoms with Crippen LogP contribution < -0.4 is 5.32 Å². The molecule has 1 aliphatic heterocycles. The van der Waals surface area contributed by atoms with Crippen LogP contribution in [0.25, 0.3) is 0 Å². The molecule has 0 spiro atoms. The average molecular weight is 615 g/mol. The number of carboxylic acid groups (broad SMARTS) is 1. The number of nitrogens with zero attached hydrogens (tertiary/aromatic N) is 2. The number of carbonyl (C=O) groups excluding carboxylic acids is 1. The summed E-state index contributed by atoms with van der Waals surface area (Å²) < 4.78 is 31.5. The van der Waals surface area contributed by atoms with Crippen LogP contribution in [0.1, 0.15) is 60.3 Å². The minimum absolute atomic E-state index is 0.0656. The summed E-state index contributed by atoms with van der Waals surface area (Å²) >= 11 is 12.3. The van der Waals surface area contributed by atoms with Crippen molar-refractivity contribution >= 4 is 40.8 Å². The smallest absolute Gasteiger partial charge is 0.335 e. The Morgan fingerprint density at radius 1 is 1.14 bits per heavy atom. The molecule has 6 nitrogen and oxygen atoms in total. The van der Waals surface area contributed by atoms with Crippen molar-refractivity contribution < 1.29 is 23.5 Å². The molecule has 3 aromatic carbocycles. The normalized spacial score (nSPS) is 20.7. The van der Waals surface area contributed by atoms with E-state index in [2.05, 4.69) is 11.4 Å². The number of rotatable bonds is 7. The summed E-state index contributed by atoms with van der Waals surface area (Å²) in [5.74, 6) is -3.51. The number of nitrogens with one attached hydrogen (secondary N) is 1. The molecule has 42 heavy (non-hydrogen) atoms. The van der Waals surface area contributed by atoms with E-state index in [-0.39, 0.29) is 45.2 Å². The highest BCUT2D eigenvalue weighted by atomic mass is 35.5. The topological polar surface area (TPSA) is 93.4 Å². The summed E-state index contributed by atoms with van der Waals surface area (Å²) in [4.78, 5) is 26.5. The minimum Gasteiger partial charge on any atom is -0.478 e. The van der Waals surface area contributed by atoms with Gasteiger partial charge in [0, 0.05) is 28.4 Å². The van der Waals surface area contributed by atoms with Crippen LogP contribution in [0.5, 0.6) is 0 Å². The van der Waals surface area contributed by atoms with Crippen molar-refractivity contribution in [2.45, 2.75) is 45.6 Å². The van der Waals surface area contributed by atoms with Crippen molar-refractivity contribution in [1.29, 1.82) is 5.26 Å². The van der Waals surface area contributed by atoms with Crippen LogP contribution in [0.15, 0.2) is 54.6 Å². The maximum Gasteiger partial charge on any atom is 0.335 e. The highest BCUT2D eigenvalue weighted by Gasteiger charge is 2.58. The molecule has 1 amide bonds. The van der Waals surface area contributed by atoms with E-state index in [0.717, 1.165) is 6.07 Å². The molecule has 1 saturated heterocycles. The number of hydrogen-bond donors (Lipinski definition) is 2. The lowest BCUT2D eigenvalue weighted by Crippen LogP contribution is -2.41. The second-order valence-corrected chi connectivity index (χ2v) is 12.8. The number of nitriles is 1. The number of likely N-dealkylation sites (tertiary alicyclic amines) is 1. The van der Waals surface area contributed by atoms with E-state index in [1.54, 1.807) is 24.0 Å². The SMILES string of the molecule is Cc1cc(NC(=O)CN2C[C@@H](CC(C)(C)C)[C@](C#N)(c3ccc(Cl)cc3F)[C@H]2c2cccc(Cl)c2F)ccc1C(=O)O. The highest BCUT2D eigenvalue weighted by Crippen LogP contribution is 2.56. The minimum atomic E-state index is -1.60. The van der Waals surface area contributed by atoms with E-state index >= 15 is 8.78 Å². The maximum atomic E-state index is 15.8. The molecule has 220 valence electrons. The van der Waals surface area contributed by atoms with E-state index in [9.17, 15) is 20.0 Å². The summed E-state index contributed by atoms with van der Waals surface area (Å²) in [5.41, 5.74) is -0.804. The molecule has 0 radical (unpaired) electrons. The van der Waals surface area contributed by atoms with Gasteiger partial charge in [0.25, 0.3) is 0 Å². The molecule has 0 saturated carbocycles. The summed E-state index contributed by atoms with van der Waals surface area (Å²) in [5, 5.41) is 23.0. The van der Waals surface area contributed by atoms with Gasteiger partial charge < -0.3 is 10.4 Å². The standard InChI is InChI=1S/C32H31Cl2F2N3O3/c1-18-12-21(9-10-22(18)30(41)42)38-27(40)16-39-15-19(14-31(2,3)4)32(17-37,24-11-8-20(33)13-26(24)35)29(39)23-6-5-7-25(34)28(23)36/h5-13,19,29H,14-16H2,1-4H3,(H,38,40)(H,41,42)/t19-,29-,32-/m1/s1. The van der Waals surface area contributed by atoms with Crippen LogP contribution in [0.4, 0.5) is 14.5 Å². The van der Waals surface area contributed by atoms with Gasteiger partial charge >= 0.3 is 5.97 Å². The predicted molar refractivity (Wildman–Crippen MR) is 159 cm³/mol. The zero-order chi connectivity index (χ0) is 31.0. The predicted octanol–water partition coefficient (Wildman–Crippen LogP) is 7.79. The van der Waals surface area contributed by atoms with Gasteiger partial charge in [0.1, 0.15) is 17.0 Å². The van der Waals surface area contributed by atoms with E-state index in [4.69, 9.17) is 23.2 Å². The lowest BCUT2D eigenvalue weighted by Gasteiger charge is -2.38. The number of amides is 1. The molecule has 1 fully saturated rings.